The second kappa shape index (κ2) is 7.64. The molecule has 0 atom stereocenters. The molecule has 0 radical (unpaired) electrons. The Bertz CT molecular complexity index is 768. The molecule has 2 N–H and O–H groups in total. The molecule has 24 heavy (non-hydrogen) atoms. The van der Waals surface area contributed by atoms with E-state index in [1.165, 1.54) is 12.1 Å². The van der Waals surface area contributed by atoms with Crippen molar-refractivity contribution >= 4 is 11.9 Å². The zero-order valence-electron chi connectivity index (χ0n) is 14.1. The second-order valence-corrected chi connectivity index (χ2v) is 5.70. The normalized spacial score (nSPS) is 10.3. The fourth-order valence-electron chi connectivity index (χ4n) is 2.48. The van der Waals surface area contributed by atoms with Crippen molar-refractivity contribution in [2.75, 3.05) is 13.7 Å². The lowest BCUT2D eigenvalue weighted by molar-refractivity contribution is 0.0696. The molecule has 0 aliphatic carbocycles. The van der Waals surface area contributed by atoms with Crippen LogP contribution in [0.2, 0.25) is 0 Å². The Hall–Kier alpha value is -2.82. The molecule has 0 bridgehead atoms. The van der Waals surface area contributed by atoms with Crippen LogP contribution in [0, 0.1) is 13.8 Å². The highest BCUT2D eigenvalue weighted by molar-refractivity contribution is 5.97. The summed E-state index contributed by atoms with van der Waals surface area (Å²) in [6.45, 7) is 4.20. The first-order valence-corrected chi connectivity index (χ1v) is 7.67. The van der Waals surface area contributed by atoms with Crippen LogP contribution >= 0.6 is 0 Å². The van der Waals surface area contributed by atoms with E-state index in [2.05, 4.69) is 5.32 Å². The summed E-state index contributed by atoms with van der Waals surface area (Å²) >= 11 is 0. The summed E-state index contributed by atoms with van der Waals surface area (Å²) in [5.74, 6) is -0.497. The molecule has 0 aromatic heterocycles. The third-order valence-corrected chi connectivity index (χ3v) is 3.76. The largest absolute Gasteiger partial charge is 0.496 e. The first kappa shape index (κ1) is 17.5. The maximum Gasteiger partial charge on any atom is 0.335 e. The van der Waals surface area contributed by atoms with Gasteiger partial charge in [0.25, 0.3) is 5.91 Å². The second-order valence-electron chi connectivity index (χ2n) is 5.70. The average molecular weight is 327 g/mol. The van der Waals surface area contributed by atoms with Crippen LogP contribution in [0.3, 0.4) is 0 Å². The van der Waals surface area contributed by atoms with Crippen molar-refractivity contribution < 1.29 is 19.4 Å². The summed E-state index contributed by atoms with van der Waals surface area (Å²) in [6.07, 6.45) is 0.667. The van der Waals surface area contributed by atoms with E-state index in [1.54, 1.807) is 20.1 Å². The van der Waals surface area contributed by atoms with Gasteiger partial charge in [0.1, 0.15) is 5.75 Å². The topological polar surface area (TPSA) is 75.6 Å². The molecular weight excluding hydrogens is 306 g/mol. The van der Waals surface area contributed by atoms with Gasteiger partial charge in [0.15, 0.2) is 0 Å². The van der Waals surface area contributed by atoms with Crippen LogP contribution in [0.5, 0.6) is 5.75 Å². The van der Waals surface area contributed by atoms with Crippen molar-refractivity contribution in [2.45, 2.75) is 20.3 Å². The van der Waals surface area contributed by atoms with Crippen LogP contribution in [-0.4, -0.2) is 30.6 Å². The molecule has 0 unspecified atom stereocenters. The number of rotatable bonds is 6. The van der Waals surface area contributed by atoms with Crippen molar-refractivity contribution in [2.24, 2.45) is 0 Å². The van der Waals surface area contributed by atoms with Gasteiger partial charge in [-0.3, -0.25) is 4.79 Å². The monoisotopic (exact) mass is 327 g/mol. The van der Waals surface area contributed by atoms with Gasteiger partial charge in [0.2, 0.25) is 0 Å². The molecule has 0 fully saturated rings. The zero-order chi connectivity index (χ0) is 17.7. The molecule has 0 aliphatic heterocycles. The third kappa shape index (κ3) is 4.35. The minimum atomic E-state index is -1.04. The summed E-state index contributed by atoms with van der Waals surface area (Å²) in [6, 6.07) is 10.5. The Kier molecular flexibility index (Phi) is 5.58. The predicted octanol–water partition coefficient (Wildman–Crippen LogP) is 2.98. The highest BCUT2D eigenvalue weighted by Crippen LogP contribution is 2.19. The van der Waals surface area contributed by atoms with E-state index in [4.69, 9.17) is 9.84 Å². The number of aromatic carboxylic acids is 1. The number of aryl methyl sites for hydroxylation is 2. The van der Waals surface area contributed by atoms with Crippen LogP contribution < -0.4 is 10.1 Å². The van der Waals surface area contributed by atoms with E-state index in [9.17, 15) is 9.59 Å². The summed E-state index contributed by atoms with van der Waals surface area (Å²) in [4.78, 5) is 23.3. The molecule has 2 rings (SSSR count). The maximum absolute atomic E-state index is 12.2. The highest BCUT2D eigenvalue weighted by Gasteiger charge is 2.11. The number of benzene rings is 2. The Morgan fingerprint density at radius 1 is 1.08 bits per heavy atom. The van der Waals surface area contributed by atoms with Gasteiger partial charge in [0.05, 0.1) is 12.7 Å². The number of carbonyl (C=O) groups excluding carboxylic acids is 1. The number of hydrogen-bond acceptors (Lipinski definition) is 3. The lowest BCUT2D eigenvalue weighted by atomic mass is 10.1. The summed E-state index contributed by atoms with van der Waals surface area (Å²) < 4.78 is 5.29. The fraction of sp³-hybridized carbons (Fsp3) is 0.263. The first-order chi connectivity index (χ1) is 11.4. The molecule has 0 saturated heterocycles. The Morgan fingerprint density at radius 2 is 1.79 bits per heavy atom. The minimum absolute atomic E-state index is 0.114. The van der Waals surface area contributed by atoms with Gasteiger partial charge in [-0.1, -0.05) is 12.1 Å². The smallest absolute Gasteiger partial charge is 0.335 e. The number of carboxylic acid groups (broad SMARTS) is 1. The van der Waals surface area contributed by atoms with E-state index >= 15 is 0 Å². The summed E-state index contributed by atoms with van der Waals surface area (Å²) in [5, 5.41) is 11.9. The number of nitrogens with one attached hydrogen (secondary N) is 1. The molecule has 1 amide bonds. The van der Waals surface area contributed by atoms with Crippen LogP contribution in [-0.2, 0) is 6.42 Å². The van der Waals surface area contributed by atoms with Gasteiger partial charge in [-0.05, 0) is 61.2 Å². The molecular formula is C19H21NO4. The number of ether oxygens (including phenoxy) is 1. The molecule has 2 aromatic carbocycles. The Labute approximate surface area is 141 Å². The number of methoxy groups -OCH3 is 1. The molecule has 2 aromatic rings. The molecule has 0 aliphatic rings. The van der Waals surface area contributed by atoms with E-state index in [1.807, 2.05) is 25.1 Å². The van der Waals surface area contributed by atoms with Crippen molar-refractivity contribution in [3.8, 4) is 5.75 Å². The highest BCUT2D eigenvalue weighted by atomic mass is 16.5. The molecule has 5 nitrogen and oxygen atoms in total. The van der Waals surface area contributed by atoms with Crippen molar-refractivity contribution in [1.82, 2.24) is 5.32 Å². The van der Waals surface area contributed by atoms with Gasteiger partial charge in [-0.25, -0.2) is 4.79 Å². The third-order valence-electron chi connectivity index (χ3n) is 3.76. The Balaban J connectivity index is 2.00. The molecule has 0 saturated carbocycles. The van der Waals surface area contributed by atoms with E-state index < -0.39 is 5.97 Å². The van der Waals surface area contributed by atoms with Crippen LogP contribution in [0.4, 0.5) is 0 Å². The predicted molar refractivity (Wildman–Crippen MR) is 91.9 cm³/mol. The van der Waals surface area contributed by atoms with E-state index in [0.717, 1.165) is 22.4 Å². The van der Waals surface area contributed by atoms with Gasteiger partial charge >= 0.3 is 5.97 Å². The lowest BCUT2D eigenvalue weighted by Crippen LogP contribution is -2.26. The molecule has 5 heteroatoms. The number of hydrogen-bond donors (Lipinski definition) is 2. The van der Waals surface area contributed by atoms with Gasteiger partial charge in [0, 0.05) is 12.1 Å². The summed E-state index contributed by atoms with van der Waals surface area (Å²) in [7, 11) is 1.63. The fourth-order valence-corrected chi connectivity index (χ4v) is 2.48. The quantitative estimate of drug-likeness (QED) is 0.855. The maximum atomic E-state index is 12.2. The van der Waals surface area contributed by atoms with Crippen molar-refractivity contribution in [3.63, 3.8) is 0 Å². The zero-order valence-corrected chi connectivity index (χ0v) is 14.1. The SMILES string of the molecule is COc1cc(CCNC(=O)c2cc(C)cc(C(=O)O)c2)ccc1C. The summed E-state index contributed by atoms with van der Waals surface area (Å²) in [5.41, 5.74) is 3.33. The number of carboxylic acids is 1. The van der Waals surface area contributed by atoms with E-state index in [-0.39, 0.29) is 11.5 Å². The molecule has 0 spiro atoms. The van der Waals surface area contributed by atoms with Gasteiger partial charge in [-0.2, -0.15) is 0 Å². The van der Waals surface area contributed by atoms with Crippen LogP contribution in [0.25, 0.3) is 0 Å². The number of amides is 1. The molecule has 126 valence electrons. The van der Waals surface area contributed by atoms with Crippen LogP contribution in [0.1, 0.15) is 37.4 Å². The number of carbonyl (C=O) groups is 2. The average Bonchev–Trinajstić information content (AvgIpc) is 2.55. The molecule has 0 heterocycles. The lowest BCUT2D eigenvalue weighted by Gasteiger charge is -2.09. The van der Waals surface area contributed by atoms with Gasteiger partial charge < -0.3 is 15.2 Å². The standard InChI is InChI=1S/C19H21NO4/c1-12-8-15(11-16(9-12)19(22)23)18(21)20-7-6-14-5-4-13(2)17(10-14)24-3/h4-5,8-11H,6-7H2,1-3H3,(H,20,21)(H,22,23). The van der Waals surface area contributed by atoms with Crippen LogP contribution in [0.15, 0.2) is 36.4 Å². The Morgan fingerprint density at radius 3 is 2.46 bits per heavy atom. The van der Waals surface area contributed by atoms with Crippen molar-refractivity contribution in [3.05, 3.63) is 64.2 Å². The first-order valence-electron chi connectivity index (χ1n) is 7.67. The van der Waals surface area contributed by atoms with Crippen molar-refractivity contribution in [1.29, 1.82) is 0 Å². The minimum Gasteiger partial charge on any atom is -0.496 e. The van der Waals surface area contributed by atoms with Gasteiger partial charge in [-0.15, -0.1) is 0 Å². The van der Waals surface area contributed by atoms with E-state index in [0.29, 0.717) is 18.5 Å².